The Hall–Kier alpha value is -2.31. The first kappa shape index (κ1) is 19.0. The summed E-state index contributed by atoms with van der Waals surface area (Å²) in [6.07, 6.45) is 5.61. The summed E-state index contributed by atoms with van der Waals surface area (Å²) in [6.45, 7) is 7.54. The van der Waals surface area contributed by atoms with Crippen molar-refractivity contribution >= 4 is 17.7 Å². The number of piperidine rings is 1. The van der Waals surface area contributed by atoms with Crippen LogP contribution < -0.4 is 10.6 Å². The third kappa shape index (κ3) is 5.62. The van der Waals surface area contributed by atoms with Gasteiger partial charge in [0.15, 0.2) is 0 Å². The maximum Gasteiger partial charge on any atom is 0.409 e. The Kier molecular flexibility index (Phi) is 7.03. The summed E-state index contributed by atoms with van der Waals surface area (Å²) in [6, 6.07) is 2.21. The highest BCUT2D eigenvalue weighted by molar-refractivity contribution is 5.94. The molecule has 0 aromatic carbocycles. The molecular formula is C18H28N4O3. The maximum absolute atomic E-state index is 12.2. The van der Waals surface area contributed by atoms with Gasteiger partial charge in [0.2, 0.25) is 0 Å². The van der Waals surface area contributed by atoms with Crippen LogP contribution in [-0.2, 0) is 4.74 Å². The predicted molar refractivity (Wildman–Crippen MR) is 96.7 cm³/mol. The second-order valence-corrected chi connectivity index (χ2v) is 6.35. The maximum atomic E-state index is 12.2. The number of carbonyl (C=O) groups excluding carboxylic acids is 2. The van der Waals surface area contributed by atoms with Gasteiger partial charge in [-0.2, -0.15) is 0 Å². The smallest absolute Gasteiger partial charge is 0.409 e. The van der Waals surface area contributed by atoms with Gasteiger partial charge in [-0.25, -0.2) is 4.79 Å². The van der Waals surface area contributed by atoms with Crippen LogP contribution >= 0.6 is 0 Å². The monoisotopic (exact) mass is 348 g/mol. The van der Waals surface area contributed by atoms with Crippen LogP contribution in [0.2, 0.25) is 0 Å². The van der Waals surface area contributed by atoms with Gasteiger partial charge in [-0.3, -0.25) is 9.78 Å². The molecule has 2 heterocycles. The summed E-state index contributed by atoms with van der Waals surface area (Å²) in [4.78, 5) is 29.8. The predicted octanol–water partition coefficient (Wildman–Crippen LogP) is 2.64. The van der Waals surface area contributed by atoms with E-state index in [-0.39, 0.29) is 24.1 Å². The molecule has 0 radical (unpaired) electrons. The molecule has 138 valence electrons. The average Bonchev–Trinajstić information content (AvgIpc) is 2.62. The Bertz CT molecular complexity index is 585. The molecule has 0 saturated carbocycles. The molecule has 2 rings (SSSR count). The van der Waals surface area contributed by atoms with Crippen molar-refractivity contribution in [1.82, 2.24) is 15.2 Å². The van der Waals surface area contributed by atoms with Crippen molar-refractivity contribution in [3.8, 4) is 0 Å². The minimum atomic E-state index is -0.244. The van der Waals surface area contributed by atoms with E-state index in [9.17, 15) is 9.59 Å². The van der Waals surface area contributed by atoms with E-state index in [0.717, 1.165) is 24.9 Å². The number of nitrogens with one attached hydrogen (secondary N) is 2. The zero-order chi connectivity index (χ0) is 18.2. The highest BCUT2D eigenvalue weighted by Gasteiger charge is 2.23. The fraction of sp³-hybridized carbons (Fsp3) is 0.611. The first-order valence-corrected chi connectivity index (χ1v) is 8.97. The fourth-order valence-corrected chi connectivity index (χ4v) is 2.71. The van der Waals surface area contributed by atoms with Gasteiger partial charge in [-0.05, 0) is 39.2 Å². The van der Waals surface area contributed by atoms with Crippen LogP contribution in [0.5, 0.6) is 0 Å². The number of anilines is 1. The Morgan fingerprint density at radius 2 is 2.04 bits per heavy atom. The molecule has 25 heavy (non-hydrogen) atoms. The van der Waals surface area contributed by atoms with Gasteiger partial charge in [0.25, 0.3) is 5.91 Å². The summed E-state index contributed by atoms with van der Waals surface area (Å²) in [5.41, 5.74) is 1.38. The van der Waals surface area contributed by atoms with Crippen LogP contribution in [0.3, 0.4) is 0 Å². The van der Waals surface area contributed by atoms with Gasteiger partial charge in [0.1, 0.15) is 0 Å². The quantitative estimate of drug-likeness (QED) is 0.826. The van der Waals surface area contributed by atoms with Crippen LogP contribution in [0.4, 0.5) is 10.5 Å². The van der Waals surface area contributed by atoms with E-state index in [0.29, 0.717) is 25.3 Å². The SMILES string of the molecule is CCOC(=O)N1CCC(Nc2cncc(C(=O)NC(C)CC)c2)CC1. The average molecular weight is 348 g/mol. The molecule has 0 bridgehead atoms. The van der Waals surface area contributed by atoms with Gasteiger partial charge < -0.3 is 20.3 Å². The lowest BCUT2D eigenvalue weighted by molar-refractivity contribution is 0.0937. The van der Waals surface area contributed by atoms with Crippen molar-refractivity contribution in [3.63, 3.8) is 0 Å². The standard InChI is InChI=1S/C18H28N4O3/c1-4-13(3)20-17(23)14-10-16(12-19-11-14)21-15-6-8-22(9-7-15)18(24)25-5-2/h10-13,15,21H,4-9H2,1-3H3,(H,20,23). The first-order chi connectivity index (χ1) is 12.0. The number of aromatic nitrogens is 1. The molecule has 0 aliphatic carbocycles. The van der Waals surface area contributed by atoms with E-state index in [2.05, 4.69) is 15.6 Å². The molecule has 1 unspecified atom stereocenters. The summed E-state index contributed by atoms with van der Waals surface area (Å²) >= 11 is 0. The molecule has 2 N–H and O–H groups in total. The van der Waals surface area contributed by atoms with Crippen molar-refractivity contribution in [2.45, 2.75) is 52.1 Å². The molecule has 7 nitrogen and oxygen atoms in total. The number of hydrogen-bond acceptors (Lipinski definition) is 5. The number of rotatable bonds is 6. The Morgan fingerprint density at radius 1 is 1.32 bits per heavy atom. The second kappa shape index (κ2) is 9.25. The van der Waals surface area contributed by atoms with Crippen molar-refractivity contribution in [3.05, 3.63) is 24.0 Å². The largest absolute Gasteiger partial charge is 0.450 e. The lowest BCUT2D eigenvalue weighted by Gasteiger charge is -2.32. The zero-order valence-electron chi connectivity index (χ0n) is 15.2. The second-order valence-electron chi connectivity index (χ2n) is 6.35. The van der Waals surface area contributed by atoms with Crippen molar-refractivity contribution in [2.75, 3.05) is 25.0 Å². The van der Waals surface area contributed by atoms with Crippen molar-refractivity contribution in [2.24, 2.45) is 0 Å². The lowest BCUT2D eigenvalue weighted by atomic mass is 10.1. The Balaban J connectivity index is 1.88. The van der Waals surface area contributed by atoms with Crippen LogP contribution in [0.25, 0.3) is 0 Å². The number of nitrogens with zero attached hydrogens (tertiary/aromatic N) is 2. The van der Waals surface area contributed by atoms with Crippen molar-refractivity contribution in [1.29, 1.82) is 0 Å². The van der Waals surface area contributed by atoms with Crippen LogP contribution in [0.15, 0.2) is 18.5 Å². The summed E-state index contributed by atoms with van der Waals surface area (Å²) in [7, 11) is 0. The minimum absolute atomic E-state index is 0.109. The van der Waals surface area contributed by atoms with E-state index >= 15 is 0 Å². The topological polar surface area (TPSA) is 83.6 Å². The molecule has 2 amide bonds. The van der Waals surface area contributed by atoms with Gasteiger partial charge >= 0.3 is 6.09 Å². The van der Waals surface area contributed by atoms with E-state index in [1.165, 1.54) is 0 Å². The number of ether oxygens (including phenoxy) is 1. The van der Waals surface area contributed by atoms with E-state index < -0.39 is 0 Å². The third-order valence-corrected chi connectivity index (χ3v) is 4.38. The molecule has 1 fully saturated rings. The van der Waals surface area contributed by atoms with Crippen LogP contribution in [0, 0.1) is 0 Å². The highest BCUT2D eigenvalue weighted by atomic mass is 16.6. The van der Waals surface area contributed by atoms with Gasteiger partial charge in [-0.15, -0.1) is 0 Å². The zero-order valence-corrected chi connectivity index (χ0v) is 15.2. The van der Waals surface area contributed by atoms with Gasteiger partial charge in [-0.1, -0.05) is 6.92 Å². The number of likely N-dealkylation sites (tertiary alicyclic amines) is 1. The molecule has 7 heteroatoms. The first-order valence-electron chi connectivity index (χ1n) is 8.97. The number of hydrogen-bond donors (Lipinski definition) is 2. The van der Waals surface area contributed by atoms with Gasteiger partial charge in [0.05, 0.1) is 17.9 Å². The fourth-order valence-electron chi connectivity index (χ4n) is 2.71. The molecule has 1 atom stereocenters. The molecule has 1 saturated heterocycles. The van der Waals surface area contributed by atoms with E-state index in [4.69, 9.17) is 4.74 Å². The Labute approximate surface area is 149 Å². The minimum Gasteiger partial charge on any atom is -0.450 e. The summed E-state index contributed by atoms with van der Waals surface area (Å²) < 4.78 is 5.03. The molecule has 0 spiro atoms. The molecule has 1 aromatic heterocycles. The number of amides is 2. The van der Waals surface area contributed by atoms with Crippen molar-refractivity contribution < 1.29 is 14.3 Å². The Morgan fingerprint density at radius 3 is 2.68 bits per heavy atom. The normalized spacial score (nSPS) is 16.2. The third-order valence-electron chi connectivity index (χ3n) is 4.38. The lowest BCUT2D eigenvalue weighted by Crippen LogP contribution is -2.42. The summed E-state index contributed by atoms with van der Waals surface area (Å²) in [5, 5.41) is 6.36. The van der Waals surface area contributed by atoms with E-state index in [1.54, 1.807) is 17.3 Å². The number of pyridine rings is 1. The van der Waals surface area contributed by atoms with Crippen LogP contribution in [0.1, 0.15) is 50.4 Å². The van der Waals surface area contributed by atoms with Gasteiger partial charge in [0, 0.05) is 37.6 Å². The molecular weight excluding hydrogens is 320 g/mol. The molecule has 1 aliphatic rings. The highest BCUT2D eigenvalue weighted by Crippen LogP contribution is 2.17. The number of carbonyl (C=O) groups is 2. The molecule has 1 aromatic rings. The molecule has 1 aliphatic heterocycles. The van der Waals surface area contributed by atoms with Crippen LogP contribution in [-0.4, -0.2) is 53.7 Å². The summed E-state index contributed by atoms with van der Waals surface area (Å²) in [5.74, 6) is -0.109. The van der Waals surface area contributed by atoms with E-state index in [1.807, 2.05) is 26.8 Å².